The summed E-state index contributed by atoms with van der Waals surface area (Å²) in [5, 5.41) is 3.86. The molecule has 3 aromatic rings. The number of furan rings is 1. The van der Waals surface area contributed by atoms with Crippen LogP contribution in [0.2, 0.25) is 0 Å². The molecular formula is C21H18N2O3. The lowest BCUT2D eigenvalue weighted by Crippen LogP contribution is -2.16. The van der Waals surface area contributed by atoms with E-state index in [1.54, 1.807) is 18.2 Å². The van der Waals surface area contributed by atoms with Gasteiger partial charge in [-0.3, -0.25) is 4.79 Å². The molecule has 1 amide bonds. The number of amides is 1. The monoisotopic (exact) mass is 346 g/mol. The number of carbonyl (C=O) groups is 1. The van der Waals surface area contributed by atoms with Gasteiger partial charge in [0, 0.05) is 6.21 Å². The third kappa shape index (κ3) is 5.21. The number of para-hydroxylation sites is 1. The molecule has 0 spiro atoms. The van der Waals surface area contributed by atoms with E-state index < -0.39 is 5.91 Å². The molecule has 0 saturated heterocycles. The Bertz CT molecular complexity index is 884. The van der Waals surface area contributed by atoms with Crippen LogP contribution >= 0.6 is 0 Å². The maximum absolute atomic E-state index is 12.0. The van der Waals surface area contributed by atoms with Gasteiger partial charge in [0.05, 0.1) is 0 Å². The van der Waals surface area contributed by atoms with Gasteiger partial charge in [0.15, 0.2) is 5.76 Å². The van der Waals surface area contributed by atoms with Crippen molar-refractivity contribution in [3.8, 4) is 5.75 Å². The topological polar surface area (TPSA) is 63.8 Å². The third-order valence-corrected chi connectivity index (χ3v) is 3.42. The van der Waals surface area contributed by atoms with E-state index in [4.69, 9.17) is 9.15 Å². The van der Waals surface area contributed by atoms with Crippen LogP contribution in [0.3, 0.4) is 0 Å². The van der Waals surface area contributed by atoms with Crippen LogP contribution in [0.4, 0.5) is 0 Å². The first kappa shape index (κ1) is 17.2. The molecule has 1 aromatic heterocycles. The van der Waals surface area contributed by atoms with Crippen molar-refractivity contribution >= 4 is 18.2 Å². The minimum atomic E-state index is -0.416. The SMILES string of the molecule is O=C(N/N=C\C=C\c1ccccc1)c1ccc(COc2ccccc2)o1. The van der Waals surface area contributed by atoms with Crippen molar-refractivity contribution in [3.63, 3.8) is 0 Å². The largest absolute Gasteiger partial charge is 0.486 e. The molecule has 0 unspecified atom stereocenters. The Kier molecular flexibility index (Phi) is 5.99. The Morgan fingerprint density at radius 3 is 2.50 bits per heavy atom. The van der Waals surface area contributed by atoms with Crippen LogP contribution < -0.4 is 10.2 Å². The average Bonchev–Trinajstić information content (AvgIpc) is 3.17. The first-order chi connectivity index (χ1) is 12.8. The van der Waals surface area contributed by atoms with E-state index in [2.05, 4.69) is 10.5 Å². The first-order valence-corrected chi connectivity index (χ1v) is 8.13. The lowest BCUT2D eigenvalue weighted by atomic mass is 10.2. The Labute approximate surface area is 151 Å². The molecule has 0 radical (unpaired) electrons. The summed E-state index contributed by atoms with van der Waals surface area (Å²) in [6, 6.07) is 22.5. The molecule has 1 N–H and O–H groups in total. The summed E-state index contributed by atoms with van der Waals surface area (Å²) in [5.41, 5.74) is 3.47. The first-order valence-electron chi connectivity index (χ1n) is 8.13. The summed E-state index contributed by atoms with van der Waals surface area (Å²) >= 11 is 0. The smallest absolute Gasteiger partial charge is 0.307 e. The number of benzene rings is 2. The van der Waals surface area contributed by atoms with Crippen LogP contribution in [0.1, 0.15) is 21.9 Å². The molecule has 0 saturated carbocycles. The van der Waals surface area contributed by atoms with Crippen molar-refractivity contribution in [2.24, 2.45) is 5.10 Å². The van der Waals surface area contributed by atoms with Crippen molar-refractivity contribution in [3.05, 3.63) is 96.0 Å². The average molecular weight is 346 g/mol. The van der Waals surface area contributed by atoms with E-state index in [1.165, 1.54) is 6.21 Å². The van der Waals surface area contributed by atoms with E-state index in [0.717, 1.165) is 11.3 Å². The zero-order chi connectivity index (χ0) is 18.0. The lowest BCUT2D eigenvalue weighted by Gasteiger charge is -2.02. The second kappa shape index (κ2) is 9.03. The molecule has 2 aromatic carbocycles. The fraction of sp³-hybridized carbons (Fsp3) is 0.0476. The number of hydrogen-bond donors (Lipinski definition) is 1. The van der Waals surface area contributed by atoms with Crippen molar-refractivity contribution < 1.29 is 13.9 Å². The zero-order valence-electron chi connectivity index (χ0n) is 14.0. The highest BCUT2D eigenvalue weighted by atomic mass is 16.5. The van der Waals surface area contributed by atoms with Gasteiger partial charge in [-0.1, -0.05) is 54.6 Å². The summed E-state index contributed by atoms with van der Waals surface area (Å²) in [5.74, 6) is 1.07. The quantitative estimate of drug-likeness (QED) is 0.513. The van der Waals surface area contributed by atoms with Gasteiger partial charge in [-0.25, -0.2) is 5.43 Å². The zero-order valence-corrected chi connectivity index (χ0v) is 14.0. The summed E-state index contributed by atoms with van der Waals surface area (Å²) < 4.78 is 11.0. The number of allylic oxidation sites excluding steroid dienone is 1. The number of nitrogens with zero attached hydrogens (tertiary/aromatic N) is 1. The van der Waals surface area contributed by atoms with Crippen LogP contribution in [-0.4, -0.2) is 12.1 Å². The molecule has 0 fully saturated rings. The predicted molar refractivity (Wildman–Crippen MR) is 101 cm³/mol. The van der Waals surface area contributed by atoms with Crippen LogP contribution in [0.15, 0.2) is 88.4 Å². The van der Waals surface area contributed by atoms with E-state index >= 15 is 0 Å². The molecule has 26 heavy (non-hydrogen) atoms. The highest BCUT2D eigenvalue weighted by molar-refractivity contribution is 5.92. The van der Waals surface area contributed by atoms with E-state index in [1.807, 2.05) is 66.7 Å². The van der Waals surface area contributed by atoms with E-state index in [-0.39, 0.29) is 12.4 Å². The second-order valence-electron chi connectivity index (χ2n) is 5.36. The van der Waals surface area contributed by atoms with Crippen LogP contribution in [0, 0.1) is 0 Å². The summed E-state index contributed by atoms with van der Waals surface area (Å²) in [4.78, 5) is 12.0. The van der Waals surface area contributed by atoms with Gasteiger partial charge in [-0.15, -0.1) is 0 Å². The maximum Gasteiger partial charge on any atom is 0.307 e. The normalized spacial score (nSPS) is 11.1. The number of hydrogen-bond acceptors (Lipinski definition) is 4. The van der Waals surface area contributed by atoms with Gasteiger partial charge in [-0.05, 0) is 35.9 Å². The highest BCUT2D eigenvalue weighted by Crippen LogP contribution is 2.13. The second-order valence-corrected chi connectivity index (χ2v) is 5.36. The molecule has 0 aliphatic heterocycles. The fourth-order valence-corrected chi connectivity index (χ4v) is 2.16. The molecule has 0 aliphatic rings. The van der Waals surface area contributed by atoms with Gasteiger partial charge >= 0.3 is 5.91 Å². The maximum atomic E-state index is 12.0. The Morgan fingerprint density at radius 2 is 1.73 bits per heavy atom. The van der Waals surface area contributed by atoms with Gasteiger partial charge < -0.3 is 9.15 Å². The summed E-state index contributed by atoms with van der Waals surface area (Å²) in [6.07, 6.45) is 5.14. The van der Waals surface area contributed by atoms with Gasteiger partial charge in [0.2, 0.25) is 0 Å². The van der Waals surface area contributed by atoms with Crippen molar-refractivity contribution in [1.29, 1.82) is 0 Å². The molecule has 1 heterocycles. The number of nitrogens with one attached hydrogen (secondary N) is 1. The molecule has 0 atom stereocenters. The van der Waals surface area contributed by atoms with Gasteiger partial charge in [0.25, 0.3) is 0 Å². The van der Waals surface area contributed by atoms with Crippen LogP contribution in [-0.2, 0) is 6.61 Å². The molecule has 0 aliphatic carbocycles. The Hall–Kier alpha value is -3.60. The fourth-order valence-electron chi connectivity index (χ4n) is 2.16. The number of ether oxygens (including phenoxy) is 1. The van der Waals surface area contributed by atoms with E-state index in [9.17, 15) is 4.79 Å². The lowest BCUT2D eigenvalue weighted by molar-refractivity contribution is 0.0923. The van der Waals surface area contributed by atoms with E-state index in [0.29, 0.717) is 5.76 Å². The van der Waals surface area contributed by atoms with Crippen molar-refractivity contribution in [2.45, 2.75) is 6.61 Å². The minimum Gasteiger partial charge on any atom is -0.486 e. The standard InChI is InChI=1S/C21H18N2O3/c24-21(23-22-15-7-10-17-8-3-1-4-9-17)20-14-13-19(26-20)16-25-18-11-5-2-6-12-18/h1-15H,16H2,(H,23,24)/b10-7+,22-15-. The predicted octanol–water partition coefficient (Wildman–Crippen LogP) is 4.29. The Balaban J connectivity index is 1.47. The summed E-state index contributed by atoms with van der Waals surface area (Å²) in [6.45, 7) is 0.250. The molecule has 130 valence electrons. The molecule has 0 bridgehead atoms. The molecule has 5 heteroatoms. The van der Waals surface area contributed by atoms with Gasteiger partial charge in [-0.2, -0.15) is 5.10 Å². The number of carbonyl (C=O) groups excluding carboxylic acids is 1. The number of hydrazone groups is 1. The minimum absolute atomic E-state index is 0.181. The van der Waals surface area contributed by atoms with Crippen LogP contribution in [0.5, 0.6) is 5.75 Å². The van der Waals surface area contributed by atoms with Crippen molar-refractivity contribution in [1.82, 2.24) is 5.43 Å². The Morgan fingerprint density at radius 1 is 1.00 bits per heavy atom. The van der Waals surface area contributed by atoms with Gasteiger partial charge in [0.1, 0.15) is 18.1 Å². The summed E-state index contributed by atoms with van der Waals surface area (Å²) in [7, 11) is 0. The number of rotatable bonds is 7. The molecular weight excluding hydrogens is 328 g/mol. The van der Waals surface area contributed by atoms with Crippen molar-refractivity contribution in [2.75, 3.05) is 0 Å². The molecule has 5 nitrogen and oxygen atoms in total. The molecule has 3 rings (SSSR count). The van der Waals surface area contributed by atoms with Crippen LogP contribution in [0.25, 0.3) is 6.08 Å². The third-order valence-electron chi connectivity index (χ3n) is 3.42. The highest BCUT2D eigenvalue weighted by Gasteiger charge is 2.10.